The van der Waals surface area contributed by atoms with Crippen LogP contribution in [0.25, 0.3) is 0 Å². The number of aliphatic hydroxyl groups excluding tert-OH is 1. The molecule has 0 aliphatic heterocycles. The number of carbonyl (C=O) groups is 2. The van der Waals surface area contributed by atoms with Gasteiger partial charge in [-0.05, 0) is 60.2 Å². The monoisotopic (exact) mass is 393 g/mol. The number of ether oxygens (including phenoxy) is 1. The van der Waals surface area contributed by atoms with Gasteiger partial charge in [0.05, 0.1) is 19.7 Å². The van der Waals surface area contributed by atoms with E-state index < -0.39 is 12.6 Å². The fourth-order valence-corrected chi connectivity index (χ4v) is 3.31. The third kappa shape index (κ3) is 5.19. The fourth-order valence-electron chi connectivity index (χ4n) is 3.31. The Kier molecular flexibility index (Phi) is 8.02. The first-order chi connectivity index (χ1) is 12.5. The van der Waals surface area contributed by atoms with Gasteiger partial charge in [0.25, 0.3) is 0 Å². The van der Waals surface area contributed by atoms with Crippen molar-refractivity contribution in [3.05, 3.63) is 58.7 Å². The van der Waals surface area contributed by atoms with E-state index in [1.165, 1.54) is 17.7 Å². The summed E-state index contributed by atoms with van der Waals surface area (Å²) in [5, 5.41) is 23.1. The number of anilines is 1. The molecule has 7 heteroatoms. The van der Waals surface area contributed by atoms with Crippen LogP contribution in [0.15, 0.2) is 36.4 Å². The summed E-state index contributed by atoms with van der Waals surface area (Å²) < 4.78 is 5.23. The van der Waals surface area contributed by atoms with Crippen LogP contribution in [0.3, 0.4) is 0 Å². The average molecular weight is 393 g/mol. The van der Waals surface area contributed by atoms with Crippen molar-refractivity contribution in [2.75, 3.05) is 12.4 Å². The number of carboxylic acid groups (broad SMARTS) is 1. The molecule has 0 heterocycles. The van der Waals surface area contributed by atoms with Crippen molar-refractivity contribution in [1.82, 2.24) is 0 Å². The van der Waals surface area contributed by atoms with Gasteiger partial charge in [0, 0.05) is 17.2 Å². The van der Waals surface area contributed by atoms with Crippen LogP contribution in [0.1, 0.15) is 33.5 Å². The summed E-state index contributed by atoms with van der Waals surface area (Å²) in [6, 6.07) is 10.3. The molecular formula is C20H20KNO5. The Morgan fingerprint density at radius 3 is 2.67 bits per heavy atom. The smallest absolute Gasteiger partial charge is 0.545 e. The maximum Gasteiger partial charge on any atom is 1.00 e. The molecule has 3 rings (SSSR count). The standard InChI is InChI=1S/C20H21NO5.K/c1-26-17-7-5-12-8-14(3-2-13(12)9-17)19(23)21-16-6-4-15(11-22)18(10-16)20(24)25;/h4-7,9-10,14,22H,2-3,8,11H2,1H3,(H,21,23)(H,24,25);/q;+1/p-1. The van der Waals surface area contributed by atoms with Gasteiger partial charge in [-0.1, -0.05) is 12.1 Å². The molecule has 2 aromatic rings. The molecule has 1 amide bonds. The number of hydrogen-bond acceptors (Lipinski definition) is 5. The molecule has 1 unspecified atom stereocenters. The quantitative estimate of drug-likeness (QED) is 0.590. The molecule has 0 saturated heterocycles. The van der Waals surface area contributed by atoms with Gasteiger partial charge in [-0.2, -0.15) is 0 Å². The number of methoxy groups -OCH3 is 1. The molecule has 0 spiro atoms. The number of aryl methyl sites for hydroxylation is 1. The molecule has 0 bridgehead atoms. The van der Waals surface area contributed by atoms with Gasteiger partial charge in [-0.15, -0.1) is 0 Å². The zero-order valence-electron chi connectivity index (χ0n) is 15.5. The largest absolute Gasteiger partial charge is 1.00 e. The van der Waals surface area contributed by atoms with E-state index >= 15 is 0 Å². The molecule has 2 aromatic carbocycles. The Hall–Kier alpha value is -1.22. The number of rotatable bonds is 5. The van der Waals surface area contributed by atoms with E-state index in [0.29, 0.717) is 18.5 Å². The van der Waals surface area contributed by atoms with E-state index in [4.69, 9.17) is 4.74 Å². The molecule has 6 nitrogen and oxygen atoms in total. The van der Waals surface area contributed by atoms with Crippen molar-refractivity contribution in [1.29, 1.82) is 0 Å². The maximum atomic E-state index is 12.6. The molecule has 27 heavy (non-hydrogen) atoms. The van der Waals surface area contributed by atoms with Crippen LogP contribution in [0.5, 0.6) is 5.75 Å². The van der Waals surface area contributed by atoms with Gasteiger partial charge in [0.15, 0.2) is 0 Å². The molecule has 0 radical (unpaired) electrons. The summed E-state index contributed by atoms with van der Waals surface area (Å²) in [5.41, 5.74) is 2.84. The number of hydrogen-bond donors (Lipinski definition) is 2. The molecule has 1 aliphatic carbocycles. The first-order valence-electron chi connectivity index (χ1n) is 8.43. The number of nitrogens with one attached hydrogen (secondary N) is 1. The molecule has 1 atom stereocenters. The molecule has 1 aliphatic rings. The van der Waals surface area contributed by atoms with Crippen molar-refractivity contribution in [2.45, 2.75) is 25.9 Å². The number of benzene rings is 2. The van der Waals surface area contributed by atoms with E-state index in [0.717, 1.165) is 17.7 Å². The Morgan fingerprint density at radius 1 is 1.22 bits per heavy atom. The number of carboxylic acids is 1. The second-order valence-corrected chi connectivity index (χ2v) is 6.38. The van der Waals surface area contributed by atoms with Crippen LogP contribution < -0.4 is 66.5 Å². The Balaban J connectivity index is 0.00000261. The SMILES string of the molecule is COc1ccc2c(c1)CCC(C(=O)Nc1ccc(CO)c(C(=O)[O-])c1)C2.[K+]. The van der Waals surface area contributed by atoms with E-state index in [1.807, 2.05) is 18.2 Å². The number of amides is 1. The molecule has 0 saturated carbocycles. The van der Waals surface area contributed by atoms with Crippen molar-refractivity contribution in [3.63, 3.8) is 0 Å². The first kappa shape index (κ1) is 22.1. The normalized spacial score (nSPS) is 15.3. The van der Waals surface area contributed by atoms with Gasteiger partial charge >= 0.3 is 51.4 Å². The third-order valence-corrected chi connectivity index (χ3v) is 4.78. The maximum absolute atomic E-state index is 12.6. The van der Waals surface area contributed by atoms with Crippen LogP contribution in [0.2, 0.25) is 0 Å². The van der Waals surface area contributed by atoms with Crippen LogP contribution >= 0.6 is 0 Å². The number of fused-ring (bicyclic) bond motifs is 1. The van der Waals surface area contributed by atoms with Crippen molar-refractivity contribution in [2.24, 2.45) is 5.92 Å². The molecule has 0 fully saturated rings. The summed E-state index contributed by atoms with van der Waals surface area (Å²) in [5.74, 6) is -0.900. The first-order valence-corrected chi connectivity index (χ1v) is 8.43. The minimum Gasteiger partial charge on any atom is -0.545 e. The number of aliphatic hydroxyl groups is 1. The molecule has 136 valence electrons. The summed E-state index contributed by atoms with van der Waals surface area (Å²) in [7, 11) is 1.63. The van der Waals surface area contributed by atoms with Gasteiger partial charge in [-0.25, -0.2) is 0 Å². The second-order valence-electron chi connectivity index (χ2n) is 6.38. The van der Waals surface area contributed by atoms with Gasteiger partial charge < -0.3 is 25.1 Å². The van der Waals surface area contributed by atoms with Crippen LogP contribution in [-0.4, -0.2) is 24.1 Å². The van der Waals surface area contributed by atoms with E-state index in [2.05, 4.69) is 5.32 Å². The summed E-state index contributed by atoms with van der Waals surface area (Å²) in [4.78, 5) is 23.8. The third-order valence-electron chi connectivity index (χ3n) is 4.78. The van der Waals surface area contributed by atoms with Crippen LogP contribution in [0.4, 0.5) is 5.69 Å². The summed E-state index contributed by atoms with van der Waals surface area (Å²) in [6.45, 7) is -0.402. The summed E-state index contributed by atoms with van der Waals surface area (Å²) >= 11 is 0. The number of aromatic carboxylic acids is 1. The predicted octanol–water partition coefficient (Wildman–Crippen LogP) is -1.70. The van der Waals surface area contributed by atoms with E-state index in [9.17, 15) is 19.8 Å². The predicted molar refractivity (Wildman–Crippen MR) is 93.8 cm³/mol. The van der Waals surface area contributed by atoms with Crippen molar-refractivity contribution >= 4 is 17.6 Å². The summed E-state index contributed by atoms with van der Waals surface area (Å²) in [6.07, 6.45) is 2.14. The van der Waals surface area contributed by atoms with Crippen LogP contribution in [-0.2, 0) is 24.2 Å². The van der Waals surface area contributed by atoms with E-state index in [-0.39, 0.29) is 74.3 Å². The molecule has 0 aromatic heterocycles. The Bertz CT molecular complexity index is 852. The average Bonchev–Trinajstić information content (AvgIpc) is 2.66. The zero-order chi connectivity index (χ0) is 18.7. The van der Waals surface area contributed by atoms with Crippen molar-refractivity contribution < 1.29 is 75.9 Å². The van der Waals surface area contributed by atoms with Crippen LogP contribution in [0, 0.1) is 5.92 Å². The topological polar surface area (TPSA) is 98.7 Å². The fraction of sp³-hybridized carbons (Fsp3) is 0.300. The van der Waals surface area contributed by atoms with Gasteiger partial charge in [0.1, 0.15) is 5.75 Å². The minimum absolute atomic E-state index is 0. The van der Waals surface area contributed by atoms with Gasteiger partial charge in [-0.3, -0.25) is 4.79 Å². The van der Waals surface area contributed by atoms with Crippen molar-refractivity contribution in [3.8, 4) is 5.75 Å². The second kappa shape index (κ2) is 9.81. The molecule has 2 N–H and O–H groups in total. The van der Waals surface area contributed by atoms with E-state index in [1.54, 1.807) is 13.2 Å². The van der Waals surface area contributed by atoms with Gasteiger partial charge in [0.2, 0.25) is 5.91 Å². The Labute approximate surface area is 200 Å². The Morgan fingerprint density at radius 2 is 2.00 bits per heavy atom. The number of carbonyl (C=O) groups excluding carboxylic acids is 2. The zero-order valence-corrected chi connectivity index (χ0v) is 18.6. The molecular weight excluding hydrogens is 373 g/mol. The minimum atomic E-state index is -1.38.